The number of amides is 2. The summed E-state index contributed by atoms with van der Waals surface area (Å²) in [5.74, 6) is 0.397. The number of benzene rings is 2. The second-order valence-corrected chi connectivity index (χ2v) is 5.83. The van der Waals surface area contributed by atoms with Gasteiger partial charge in [0.2, 0.25) is 18.6 Å². The molecule has 2 amide bonds. The fraction of sp³-hybridized carbons (Fsp3) is 0.211. The lowest BCUT2D eigenvalue weighted by molar-refractivity contribution is -0.120. The van der Waals surface area contributed by atoms with E-state index in [0.717, 1.165) is 0 Å². The van der Waals surface area contributed by atoms with Crippen LogP contribution >= 0.6 is 0 Å². The highest BCUT2D eigenvalue weighted by Gasteiger charge is 2.18. The van der Waals surface area contributed by atoms with E-state index in [9.17, 15) is 14.4 Å². The van der Waals surface area contributed by atoms with Crippen molar-refractivity contribution in [1.29, 1.82) is 0 Å². The van der Waals surface area contributed by atoms with Gasteiger partial charge in [0.25, 0.3) is 0 Å². The molecule has 7 heteroatoms. The molecule has 1 aliphatic rings. The number of nitrogens with zero attached hydrogens (tertiary/aromatic N) is 1. The molecule has 0 spiro atoms. The Bertz CT molecular complexity index is 878. The molecule has 1 N–H and O–H groups in total. The van der Waals surface area contributed by atoms with Gasteiger partial charge < -0.3 is 19.7 Å². The summed E-state index contributed by atoms with van der Waals surface area (Å²) in [6.07, 6.45) is 0. The van der Waals surface area contributed by atoms with Crippen molar-refractivity contribution >= 4 is 29.0 Å². The Morgan fingerprint density at radius 3 is 2.54 bits per heavy atom. The molecule has 0 radical (unpaired) electrons. The molecule has 26 heavy (non-hydrogen) atoms. The summed E-state index contributed by atoms with van der Waals surface area (Å²) >= 11 is 0. The fourth-order valence-corrected chi connectivity index (χ4v) is 2.60. The number of carbonyl (C=O) groups excluding carboxylic acids is 3. The van der Waals surface area contributed by atoms with E-state index >= 15 is 0 Å². The van der Waals surface area contributed by atoms with Gasteiger partial charge in [-0.2, -0.15) is 0 Å². The molecule has 0 aromatic heterocycles. The highest BCUT2D eigenvalue weighted by Crippen LogP contribution is 2.34. The zero-order valence-corrected chi connectivity index (χ0v) is 14.4. The van der Waals surface area contributed by atoms with E-state index < -0.39 is 0 Å². The van der Waals surface area contributed by atoms with Crippen molar-refractivity contribution in [3.8, 4) is 11.5 Å². The van der Waals surface area contributed by atoms with Crippen LogP contribution in [0.15, 0.2) is 42.5 Å². The summed E-state index contributed by atoms with van der Waals surface area (Å²) < 4.78 is 10.5. The van der Waals surface area contributed by atoms with Gasteiger partial charge in [-0.3, -0.25) is 14.4 Å². The quantitative estimate of drug-likeness (QED) is 0.835. The normalized spacial score (nSPS) is 11.8. The van der Waals surface area contributed by atoms with E-state index in [2.05, 4.69) is 5.32 Å². The van der Waals surface area contributed by atoms with E-state index in [1.165, 1.54) is 18.7 Å². The summed E-state index contributed by atoms with van der Waals surface area (Å²) in [6.45, 7) is 2.79. The predicted molar refractivity (Wildman–Crippen MR) is 95.7 cm³/mol. The van der Waals surface area contributed by atoms with Crippen LogP contribution in [0.25, 0.3) is 0 Å². The second kappa shape index (κ2) is 7.26. The molecule has 0 bridgehead atoms. The first-order valence-electron chi connectivity index (χ1n) is 8.02. The lowest BCUT2D eigenvalue weighted by Gasteiger charge is -2.21. The Morgan fingerprint density at radius 2 is 1.81 bits per heavy atom. The zero-order valence-electron chi connectivity index (χ0n) is 14.4. The molecular weight excluding hydrogens is 336 g/mol. The number of Topliss-reactive ketones (excluding diaryl/α,β-unsaturated/α-hetero) is 1. The Balaban J connectivity index is 1.73. The average molecular weight is 354 g/mol. The van der Waals surface area contributed by atoms with Gasteiger partial charge in [0.15, 0.2) is 17.3 Å². The maximum Gasteiger partial charge on any atom is 0.244 e. The summed E-state index contributed by atoms with van der Waals surface area (Å²) in [5.41, 5.74) is 1.51. The molecule has 2 aromatic rings. The SMILES string of the molecule is CC(=O)c1cccc(N(CC(=O)Nc2ccc3c(c2)OCO3)C(C)=O)c1. The average Bonchev–Trinajstić information content (AvgIpc) is 3.07. The first kappa shape index (κ1) is 17.5. The number of hydrogen-bond donors (Lipinski definition) is 1. The van der Waals surface area contributed by atoms with Gasteiger partial charge in [-0.15, -0.1) is 0 Å². The summed E-state index contributed by atoms with van der Waals surface area (Å²) in [4.78, 5) is 37.2. The Kier molecular flexibility index (Phi) is 4.88. The van der Waals surface area contributed by atoms with E-state index in [-0.39, 0.29) is 30.9 Å². The van der Waals surface area contributed by atoms with Crippen molar-refractivity contribution < 1.29 is 23.9 Å². The van der Waals surface area contributed by atoms with Crippen molar-refractivity contribution in [2.75, 3.05) is 23.6 Å². The van der Waals surface area contributed by atoms with Crippen LogP contribution in [0.3, 0.4) is 0 Å². The van der Waals surface area contributed by atoms with Crippen LogP contribution in [-0.4, -0.2) is 30.9 Å². The maximum atomic E-state index is 12.4. The van der Waals surface area contributed by atoms with Crippen LogP contribution in [-0.2, 0) is 9.59 Å². The fourth-order valence-electron chi connectivity index (χ4n) is 2.60. The van der Waals surface area contributed by atoms with Crippen LogP contribution in [0.2, 0.25) is 0 Å². The number of carbonyl (C=O) groups is 3. The first-order valence-corrected chi connectivity index (χ1v) is 8.02. The molecule has 1 heterocycles. The number of anilines is 2. The third-order valence-corrected chi connectivity index (χ3v) is 3.90. The topological polar surface area (TPSA) is 84.9 Å². The smallest absolute Gasteiger partial charge is 0.244 e. The summed E-state index contributed by atoms with van der Waals surface area (Å²) in [7, 11) is 0. The van der Waals surface area contributed by atoms with E-state index in [4.69, 9.17) is 9.47 Å². The molecule has 0 atom stereocenters. The highest BCUT2D eigenvalue weighted by atomic mass is 16.7. The van der Waals surface area contributed by atoms with Crippen molar-refractivity contribution in [3.05, 3.63) is 48.0 Å². The van der Waals surface area contributed by atoms with Crippen LogP contribution in [0.5, 0.6) is 11.5 Å². The lowest BCUT2D eigenvalue weighted by atomic mass is 10.1. The van der Waals surface area contributed by atoms with E-state index in [1.54, 1.807) is 42.5 Å². The predicted octanol–water partition coefficient (Wildman–Crippen LogP) is 2.61. The van der Waals surface area contributed by atoms with E-state index in [0.29, 0.717) is 28.4 Å². The molecule has 0 saturated carbocycles. The van der Waals surface area contributed by atoms with Gasteiger partial charge in [-0.25, -0.2) is 0 Å². The Labute approximate surface area is 150 Å². The second-order valence-electron chi connectivity index (χ2n) is 5.83. The molecule has 3 rings (SSSR count). The Morgan fingerprint density at radius 1 is 1.04 bits per heavy atom. The number of ketones is 1. The number of fused-ring (bicyclic) bond motifs is 1. The molecule has 7 nitrogen and oxygen atoms in total. The minimum absolute atomic E-state index is 0.111. The van der Waals surface area contributed by atoms with Gasteiger partial charge in [-0.1, -0.05) is 12.1 Å². The maximum absolute atomic E-state index is 12.4. The molecule has 0 saturated heterocycles. The lowest BCUT2D eigenvalue weighted by Crippen LogP contribution is -2.36. The van der Waals surface area contributed by atoms with Crippen molar-refractivity contribution in [1.82, 2.24) is 0 Å². The minimum atomic E-state index is -0.368. The molecular formula is C19H18N2O5. The van der Waals surface area contributed by atoms with Crippen molar-refractivity contribution in [3.63, 3.8) is 0 Å². The number of hydrogen-bond acceptors (Lipinski definition) is 5. The minimum Gasteiger partial charge on any atom is -0.454 e. The Hall–Kier alpha value is -3.35. The van der Waals surface area contributed by atoms with Crippen LogP contribution in [0, 0.1) is 0 Å². The third kappa shape index (κ3) is 3.83. The van der Waals surface area contributed by atoms with E-state index in [1.807, 2.05) is 0 Å². The largest absolute Gasteiger partial charge is 0.454 e. The van der Waals surface area contributed by atoms with Crippen molar-refractivity contribution in [2.45, 2.75) is 13.8 Å². The number of ether oxygens (including phenoxy) is 2. The monoisotopic (exact) mass is 354 g/mol. The van der Waals surface area contributed by atoms with Crippen molar-refractivity contribution in [2.24, 2.45) is 0 Å². The molecule has 1 aliphatic heterocycles. The van der Waals surface area contributed by atoms with Gasteiger partial charge >= 0.3 is 0 Å². The van der Waals surface area contributed by atoms with Gasteiger partial charge in [-0.05, 0) is 31.2 Å². The van der Waals surface area contributed by atoms with Gasteiger partial charge in [0.05, 0.1) is 0 Å². The summed E-state index contributed by atoms with van der Waals surface area (Å²) in [6, 6.07) is 11.7. The number of nitrogens with one attached hydrogen (secondary N) is 1. The zero-order chi connectivity index (χ0) is 18.7. The number of rotatable bonds is 5. The first-order chi connectivity index (χ1) is 12.4. The third-order valence-electron chi connectivity index (χ3n) is 3.90. The molecule has 2 aromatic carbocycles. The van der Waals surface area contributed by atoms with Gasteiger partial charge in [0.1, 0.15) is 6.54 Å². The molecule has 0 unspecified atom stereocenters. The van der Waals surface area contributed by atoms with Crippen LogP contribution in [0.1, 0.15) is 24.2 Å². The standard InChI is InChI=1S/C19H18N2O5/c1-12(22)14-4-3-5-16(8-14)21(13(2)23)10-19(24)20-15-6-7-17-18(9-15)26-11-25-17/h3-9H,10-11H2,1-2H3,(H,20,24). The summed E-state index contributed by atoms with van der Waals surface area (Å²) in [5, 5.41) is 2.73. The van der Waals surface area contributed by atoms with Gasteiger partial charge in [0, 0.05) is 29.9 Å². The molecule has 0 fully saturated rings. The van der Waals surface area contributed by atoms with Crippen LogP contribution < -0.4 is 19.7 Å². The molecule has 134 valence electrons. The molecule has 0 aliphatic carbocycles. The van der Waals surface area contributed by atoms with Crippen LogP contribution in [0.4, 0.5) is 11.4 Å². The highest BCUT2D eigenvalue weighted by molar-refractivity contribution is 6.03.